The predicted molar refractivity (Wildman–Crippen MR) is 75.2 cm³/mol. The van der Waals surface area contributed by atoms with Crippen LogP contribution < -0.4 is 10.9 Å². The first kappa shape index (κ1) is 11.5. The Bertz CT molecular complexity index is 745. The van der Waals surface area contributed by atoms with Gasteiger partial charge in [0.15, 0.2) is 0 Å². The first-order valence-corrected chi connectivity index (χ1v) is 6.11. The summed E-state index contributed by atoms with van der Waals surface area (Å²) in [7, 11) is 0. The number of hydrogen-bond acceptors (Lipinski definition) is 3. The molecule has 5 heteroatoms. The van der Waals surface area contributed by atoms with Crippen LogP contribution in [0.4, 0.5) is 5.82 Å². The summed E-state index contributed by atoms with van der Waals surface area (Å²) >= 11 is 0. The second-order valence-electron chi connectivity index (χ2n) is 4.50. The Balaban J connectivity index is 1.95. The van der Waals surface area contributed by atoms with Gasteiger partial charge in [-0.1, -0.05) is 18.2 Å². The normalized spacial score (nSPS) is 12.5. The third-order valence-electron chi connectivity index (χ3n) is 3.14. The van der Waals surface area contributed by atoms with Crippen molar-refractivity contribution < 1.29 is 0 Å². The van der Waals surface area contributed by atoms with E-state index in [1.165, 1.54) is 0 Å². The number of fused-ring (bicyclic) bond motifs is 1. The minimum Gasteiger partial charge on any atom is -0.365 e. The number of nitrogens with zero attached hydrogens (tertiary/aromatic N) is 1. The predicted octanol–water partition coefficient (Wildman–Crippen LogP) is 2.42. The van der Waals surface area contributed by atoms with Gasteiger partial charge in [-0.2, -0.15) is 5.10 Å². The number of anilines is 1. The van der Waals surface area contributed by atoms with Gasteiger partial charge in [-0.15, -0.1) is 0 Å². The van der Waals surface area contributed by atoms with Crippen molar-refractivity contribution in [3.05, 3.63) is 58.6 Å². The van der Waals surface area contributed by atoms with E-state index in [0.717, 1.165) is 10.9 Å². The zero-order valence-corrected chi connectivity index (χ0v) is 10.5. The second-order valence-corrected chi connectivity index (χ2v) is 4.50. The molecule has 2 aromatic heterocycles. The summed E-state index contributed by atoms with van der Waals surface area (Å²) in [6.45, 7) is 2.01. The molecule has 5 nitrogen and oxygen atoms in total. The summed E-state index contributed by atoms with van der Waals surface area (Å²) in [5.41, 5.74) is 0.953. The van der Waals surface area contributed by atoms with Gasteiger partial charge in [0.05, 0.1) is 12.2 Å². The highest BCUT2D eigenvalue weighted by Crippen LogP contribution is 2.18. The van der Waals surface area contributed by atoms with Gasteiger partial charge >= 0.3 is 0 Å². The molecule has 0 amide bonds. The summed E-state index contributed by atoms with van der Waals surface area (Å²) in [4.78, 5) is 14.8. The van der Waals surface area contributed by atoms with Gasteiger partial charge in [-0.05, 0) is 24.4 Å². The van der Waals surface area contributed by atoms with Crippen molar-refractivity contribution >= 4 is 16.6 Å². The Morgan fingerprint density at radius 1 is 1.32 bits per heavy atom. The topological polar surface area (TPSA) is 73.6 Å². The highest BCUT2D eigenvalue weighted by Gasteiger charge is 2.08. The van der Waals surface area contributed by atoms with E-state index in [1.807, 2.05) is 43.5 Å². The molecular weight excluding hydrogens is 240 g/mol. The Labute approximate surface area is 109 Å². The highest BCUT2D eigenvalue weighted by atomic mass is 16.1. The molecule has 3 aromatic rings. The summed E-state index contributed by atoms with van der Waals surface area (Å²) < 4.78 is 0. The number of pyridine rings is 1. The van der Waals surface area contributed by atoms with Crippen LogP contribution >= 0.6 is 0 Å². The lowest BCUT2D eigenvalue weighted by molar-refractivity contribution is 0.875. The Morgan fingerprint density at radius 3 is 2.95 bits per heavy atom. The molecule has 0 radical (unpaired) electrons. The Morgan fingerprint density at radius 2 is 2.16 bits per heavy atom. The average molecular weight is 254 g/mol. The third kappa shape index (κ3) is 2.22. The molecular formula is C14H14N4O. The van der Waals surface area contributed by atoms with Crippen molar-refractivity contribution in [3.63, 3.8) is 0 Å². The maximum absolute atomic E-state index is 12.0. The van der Waals surface area contributed by atoms with E-state index in [2.05, 4.69) is 20.5 Å². The maximum Gasteiger partial charge on any atom is 0.257 e. The first-order valence-electron chi connectivity index (χ1n) is 6.11. The number of hydrogen-bond donors (Lipinski definition) is 3. The van der Waals surface area contributed by atoms with Crippen molar-refractivity contribution in [2.45, 2.75) is 13.0 Å². The summed E-state index contributed by atoms with van der Waals surface area (Å²) in [6.07, 6.45) is 3.59. The Hall–Kier alpha value is -2.56. The fourth-order valence-electron chi connectivity index (χ4n) is 2.10. The fourth-order valence-corrected chi connectivity index (χ4v) is 2.10. The molecule has 0 bridgehead atoms. The minimum atomic E-state index is -0.0833. The number of aromatic amines is 2. The number of aromatic nitrogens is 3. The monoisotopic (exact) mass is 254 g/mol. The van der Waals surface area contributed by atoms with Crippen molar-refractivity contribution in [1.82, 2.24) is 15.2 Å². The number of H-pyrrole nitrogens is 2. The van der Waals surface area contributed by atoms with Crippen LogP contribution in [0.3, 0.4) is 0 Å². The van der Waals surface area contributed by atoms with Crippen LogP contribution in [0.5, 0.6) is 0 Å². The molecule has 0 spiro atoms. The van der Waals surface area contributed by atoms with Crippen LogP contribution in [0.1, 0.15) is 18.5 Å². The molecule has 0 aliphatic carbocycles. The molecule has 0 fully saturated rings. The molecule has 3 N–H and O–H groups in total. The molecule has 0 aliphatic heterocycles. The highest BCUT2D eigenvalue weighted by molar-refractivity contribution is 5.83. The zero-order valence-electron chi connectivity index (χ0n) is 10.5. The summed E-state index contributed by atoms with van der Waals surface area (Å²) in [5.74, 6) is 0.706. The van der Waals surface area contributed by atoms with Crippen molar-refractivity contribution in [2.75, 3.05) is 5.32 Å². The van der Waals surface area contributed by atoms with Crippen molar-refractivity contribution in [2.24, 2.45) is 0 Å². The van der Waals surface area contributed by atoms with E-state index < -0.39 is 0 Å². The molecule has 1 aromatic carbocycles. The second kappa shape index (κ2) is 4.61. The van der Waals surface area contributed by atoms with E-state index in [4.69, 9.17) is 0 Å². The van der Waals surface area contributed by atoms with E-state index >= 15 is 0 Å². The summed E-state index contributed by atoms with van der Waals surface area (Å²) in [6, 6.07) is 9.53. The molecule has 3 rings (SSSR count). The van der Waals surface area contributed by atoms with Gasteiger partial charge in [0.1, 0.15) is 5.82 Å². The summed E-state index contributed by atoms with van der Waals surface area (Å²) in [5, 5.41) is 11.6. The minimum absolute atomic E-state index is 0.0653. The van der Waals surface area contributed by atoms with Gasteiger partial charge in [0.2, 0.25) is 0 Å². The van der Waals surface area contributed by atoms with Crippen LogP contribution in [-0.4, -0.2) is 15.2 Å². The Kier molecular flexibility index (Phi) is 2.79. The van der Waals surface area contributed by atoms with E-state index in [0.29, 0.717) is 11.2 Å². The maximum atomic E-state index is 12.0. The number of benzene rings is 1. The molecule has 0 saturated heterocycles. The van der Waals surface area contributed by atoms with E-state index in [9.17, 15) is 4.79 Å². The lowest BCUT2D eigenvalue weighted by atomic mass is 10.1. The fraction of sp³-hybridized carbons (Fsp3) is 0.143. The SMILES string of the molecule is CC(Nc1cc2ccccc2c(=O)[nH]1)c1cn[nH]c1. The zero-order chi connectivity index (χ0) is 13.2. The van der Waals surface area contributed by atoms with E-state index in [1.54, 1.807) is 6.20 Å². The van der Waals surface area contributed by atoms with Crippen LogP contribution in [0, 0.1) is 0 Å². The van der Waals surface area contributed by atoms with Crippen molar-refractivity contribution in [1.29, 1.82) is 0 Å². The number of nitrogens with one attached hydrogen (secondary N) is 3. The first-order chi connectivity index (χ1) is 9.24. The van der Waals surface area contributed by atoms with Gasteiger partial charge < -0.3 is 10.3 Å². The van der Waals surface area contributed by atoms with Gasteiger partial charge in [-0.25, -0.2) is 0 Å². The van der Waals surface area contributed by atoms with E-state index in [-0.39, 0.29) is 11.6 Å². The molecule has 19 heavy (non-hydrogen) atoms. The van der Waals surface area contributed by atoms with Crippen LogP contribution in [-0.2, 0) is 0 Å². The van der Waals surface area contributed by atoms with Gasteiger partial charge in [0.25, 0.3) is 5.56 Å². The molecule has 96 valence electrons. The standard InChI is InChI=1S/C14H14N4O/c1-9(11-7-15-16-8-11)17-13-6-10-4-2-3-5-12(10)14(19)18-13/h2-9H,1H3,(H,15,16)(H2,17,18,19). The average Bonchev–Trinajstić information content (AvgIpc) is 2.93. The molecule has 0 saturated carbocycles. The largest absolute Gasteiger partial charge is 0.365 e. The number of rotatable bonds is 3. The molecule has 2 heterocycles. The van der Waals surface area contributed by atoms with Crippen LogP contribution in [0.2, 0.25) is 0 Å². The smallest absolute Gasteiger partial charge is 0.257 e. The quantitative estimate of drug-likeness (QED) is 0.672. The lowest BCUT2D eigenvalue weighted by Gasteiger charge is -2.13. The molecule has 1 atom stereocenters. The van der Waals surface area contributed by atoms with Crippen LogP contribution in [0.15, 0.2) is 47.5 Å². The van der Waals surface area contributed by atoms with Gasteiger partial charge in [-0.3, -0.25) is 9.89 Å². The van der Waals surface area contributed by atoms with Crippen LogP contribution in [0.25, 0.3) is 10.8 Å². The molecule has 1 unspecified atom stereocenters. The lowest BCUT2D eigenvalue weighted by Crippen LogP contribution is -2.13. The third-order valence-corrected chi connectivity index (χ3v) is 3.14. The molecule has 0 aliphatic rings. The van der Waals surface area contributed by atoms with Crippen molar-refractivity contribution in [3.8, 4) is 0 Å². The van der Waals surface area contributed by atoms with Gasteiger partial charge in [0, 0.05) is 17.1 Å².